The van der Waals surface area contributed by atoms with Crippen LogP contribution in [0.2, 0.25) is 0 Å². The lowest BCUT2D eigenvalue weighted by molar-refractivity contribution is 0.0992. The Morgan fingerprint density at radius 2 is 1.61 bits per heavy atom. The zero-order valence-corrected chi connectivity index (χ0v) is 27.1. The number of nitrogens with two attached hydrogens (primary N) is 1. The molecule has 0 saturated carbocycles. The number of benzene rings is 2. The molecule has 1 aromatic heterocycles. The molecule has 2 aromatic carbocycles. The van der Waals surface area contributed by atoms with Crippen LogP contribution in [0.4, 0.5) is 34.4 Å². The van der Waals surface area contributed by atoms with Crippen LogP contribution < -0.4 is 25.8 Å². The summed E-state index contributed by atoms with van der Waals surface area (Å²) in [5, 5.41) is 42.7. The van der Waals surface area contributed by atoms with Crippen LogP contribution in [0, 0.1) is 6.92 Å². The Labute approximate surface area is 269 Å². The molecule has 0 aliphatic rings. The first-order valence-corrected chi connectivity index (χ1v) is 16.2. The van der Waals surface area contributed by atoms with Gasteiger partial charge in [-0.1, -0.05) is 18.2 Å². The van der Waals surface area contributed by atoms with Crippen molar-refractivity contribution in [2.45, 2.75) is 11.8 Å². The molecule has 0 unspecified atom stereocenters. The number of nitrogens with one attached hydrogen (secondary N) is 2. The van der Waals surface area contributed by atoms with Crippen molar-refractivity contribution in [2.24, 2.45) is 10.2 Å². The van der Waals surface area contributed by atoms with Crippen LogP contribution in [0.1, 0.15) is 5.56 Å². The van der Waals surface area contributed by atoms with Gasteiger partial charge in [-0.3, -0.25) is 4.90 Å². The number of ether oxygens (including phenoxy) is 3. The molecule has 0 radical (unpaired) electrons. The molecule has 0 spiro atoms. The lowest BCUT2D eigenvalue weighted by Gasteiger charge is -2.20. The summed E-state index contributed by atoms with van der Waals surface area (Å²) in [4.78, 5) is 6.23. The SMILES string of the molecule is COc1cc(S(=O)(=O)CCN(CCO)CCO)c(OC)cc1/N=N/c1c(Nc2ccccc2)nc(NCCOCCO)c(N)c1C. The van der Waals surface area contributed by atoms with Gasteiger partial charge in [0, 0.05) is 49.6 Å². The van der Waals surface area contributed by atoms with E-state index in [-0.39, 0.29) is 73.9 Å². The van der Waals surface area contributed by atoms with Gasteiger partial charge in [-0.05, 0) is 19.1 Å². The van der Waals surface area contributed by atoms with E-state index < -0.39 is 9.84 Å². The number of sulfone groups is 1. The molecule has 46 heavy (non-hydrogen) atoms. The Morgan fingerprint density at radius 3 is 2.24 bits per heavy atom. The van der Waals surface area contributed by atoms with Crippen molar-refractivity contribution in [3.8, 4) is 11.5 Å². The predicted octanol–water partition coefficient (Wildman–Crippen LogP) is 2.63. The molecule has 3 rings (SSSR count). The van der Waals surface area contributed by atoms with Crippen molar-refractivity contribution in [3.63, 3.8) is 0 Å². The molecule has 0 fully saturated rings. The summed E-state index contributed by atoms with van der Waals surface area (Å²) in [6.07, 6.45) is 0. The van der Waals surface area contributed by atoms with Gasteiger partial charge in [0.2, 0.25) is 0 Å². The number of hydrogen-bond donors (Lipinski definition) is 6. The molecule has 252 valence electrons. The van der Waals surface area contributed by atoms with Crippen molar-refractivity contribution in [1.82, 2.24) is 9.88 Å². The number of azo groups is 1. The van der Waals surface area contributed by atoms with Crippen LogP contribution in [0.25, 0.3) is 0 Å². The fourth-order valence-corrected chi connectivity index (χ4v) is 5.83. The van der Waals surface area contributed by atoms with Crippen molar-refractivity contribution < 1.29 is 37.9 Å². The van der Waals surface area contributed by atoms with Crippen molar-refractivity contribution in [2.75, 3.05) is 95.6 Å². The van der Waals surface area contributed by atoms with Gasteiger partial charge in [0.15, 0.2) is 21.5 Å². The highest BCUT2D eigenvalue weighted by Crippen LogP contribution is 2.41. The first-order chi connectivity index (χ1) is 22.2. The second-order valence-electron chi connectivity index (χ2n) is 9.93. The lowest BCUT2D eigenvalue weighted by Crippen LogP contribution is -2.34. The van der Waals surface area contributed by atoms with Gasteiger partial charge in [-0.15, -0.1) is 10.2 Å². The number of pyridine rings is 1. The fourth-order valence-electron chi connectivity index (χ4n) is 4.37. The topological polar surface area (TPSA) is 213 Å². The number of para-hydroxylation sites is 1. The monoisotopic (exact) mass is 661 g/mol. The van der Waals surface area contributed by atoms with Crippen molar-refractivity contribution in [3.05, 3.63) is 48.0 Å². The molecule has 0 saturated heterocycles. The quantitative estimate of drug-likeness (QED) is 0.0760. The number of aliphatic hydroxyl groups excluding tert-OH is 3. The highest BCUT2D eigenvalue weighted by atomic mass is 32.2. The van der Waals surface area contributed by atoms with Crippen LogP contribution in [-0.2, 0) is 14.6 Å². The molecular weight excluding hydrogens is 618 g/mol. The Bertz CT molecular complexity index is 1540. The summed E-state index contributed by atoms with van der Waals surface area (Å²) in [5.41, 5.74) is 8.65. The number of anilines is 4. The minimum absolute atomic E-state index is 0.0468. The van der Waals surface area contributed by atoms with Gasteiger partial charge in [-0.2, -0.15) is 0 Å². The number of nitrogens with zero attached hydrogens (tertiary/aromatic N) is 4. The average molecular weight is 662 g/mol. The minimum atomic E-state index is -3.87. The number of nitrogen functional groups attached to an aromatic ring is 1. The standard InChI is InChI=1S/C30H43N7O8S/c1-21-27(31)29(32-9-16-45-17-15-40)34-30(33-22-7-5-4-6-8-22)28(21)36-35-23-19-25(44-3)26(20-24(23)43-2)46(41,42)18-12-37(10-13-38)11-14-39/h4-8,19-20,38-40H,9-18,31H2,1-3H3,(H2,32,33,34)/b36-35+. The molecule has 0 aliphatic carbocycles. The smallest absolute Gasteiger partial charge is 0.183 e. The van der Waals surface area contributed by atoms with Crippen molar-refractivity contribution >= 4 is 44.2 Å². The van der Waals surface area contributed by atoms with E-state index in [4.69, 9.17) is 25.1 Å². The number of rotatable bonds is 20. The van der Waals surface area contributed by atoms with E-state index in [1.165, 1.54) is 26.4 Å². The maximum absolute atomic E-state index is 13.3. The second kappa shape index (κ2) is 18.2. The molecule has 0 aliphatic heterocycles. The summed E-state index contributed by atoms with van der Waals surface area (Å²) < 4.78 is 42.9. The number of methoxy groups -OCH3 is 2. The largest absolute Gasteiger partial charge is 0.495 e. The third-order valence-electron chi connectivity index (χ3n) is 6.84. The molecule has 0 bridgehead atoms. The highest BCUT2D eigenvalue weighted by Gasteiger charge is 2.24. The molecule has 15 nitrogen and oxygen atoms in total. The van der Waals surface area contributed by atoms with Crippen LogP contribution in [0.3, 0.4) is 0 Å². The first-order valence-electron chi connectivity index (χ1n) is 14.6. The Balaban J connectivity index is 1.99. The number of hydrogen-bond acceptors (Lipinski definition) is 15. The van der Waals surface area contributed by atoms with Gasteiger partial charge < -0.3 is 45.9 Å². The summed E-state index contributed by atoms with van der Waals surface area (Å²) in [5.74, 6) is 0.683. The summed E-state index contributed by atoms with van der Waals surface area (Å²) >= 11 is 0. The highest BCUT2D eigenvalue weighted by molar-refractivity contribution is 7.91. The fraction of sp³-hybridized carbons (Fsp3) is 0.433. The summed E-state index contributed by atoms with van der Waals surface area (Å²) in [7, 11) is -1.13. The van der Waals surface area contributed by atoms with E-state index in [1.54, 1.807) is 11.8 Å². The Kier molecular flexibility index (Phi) is 14.4. The zero-order chi connectivity index (χ0) is 33.5. The zero-order valence-electron chi connectivity index (χ0n) is 26.3. The van der Waals surface area contributed by atoms with Gasteiger partial charge in [0.05, 0.1) is 58.7 Å². The van der Waals surface area contributed by atoms with E-state index in [1.807, 2.05) is 30.3 Å². The maximum Gasteiger partial charge on any atom is 0.183 e. The Morgan fingerprint density at radius 1 is 0.913 bits per heavy atom. The third-order valence-corrected chi connectivity index (χ3v) is 8.55. The predicted molar refractivity (Wildman–Crippen MR) is 176 cm³/mol. The van der Waals surface area contributed by atoms with Gasteiger partial charge in [0.25, 0.3) is 0 Å². The number of aromatic nitrogens is 1. The maximum atomic E-state index is 13.3. The van der Waals surface area contributed by atoms with E-state index in [0.29, 0.717) is 41.7 Å². The average Bonchev–Trinajstić information content (AvgIpc) is 3.05. The molecule has 3 aromatic rings. The van der Waals surface area contributed by atoms with Crippen molar-refractivity contribution in [1.29, 1.82) is 0 Å². The lowest BCUT2D eigenvalue weighted by atomic mass is 10.2. The van der Waals surface area contributed by atoms with Gasteiger partial charge in [-0.25, -0.2) is 13.4 Å². The molecule has 0 amide bonds. The molecule has 0 atom stereocenters. The van der Waals surface area contributed by atoms with E-state index >= 15 is 0 Å². The van der Waals surface area contributed by atoms with Crippen LogP contribution >= 0.6 is 0 Å². The number of aliphatic hydroxyl groups is 3. The van der Waals surface area contributed by atoms with Crippen LogP contribution in [0.5, 0.6) is 11.5 Å². The molecule has 16 heteroatoms. The van der Waals surface area contributed by atoms with E-state index in [0.717, 1.165) is 5.69 Å². The first kappa shape index (κ1) is 36.4. The summed E-state index contributed by atoms with van der Waals surface area (Å²) in [6, 6.07) is 12.1. The van der Waals surface area contributed by atoms with Gasteiger partial charge in [0.1, 0.15) is 27.8 Å². The molecular formula is C30H43N7O8S. The third kappa shape index (κ3) is 9.97. The van der Waals surface area contributed by atoms with E-state index in [2.05, 4.69) is 25.8 Å². The minimum Gasteiger partial charge on any atom is -0.495 e. The molecule has 1 heterocycles. The van der Waals surface area contributed by atoms with Crippen LogP contribution in [-0.4, -0.2) is 113 Å². The van der Waals surface area contributed by atoms with E-state index in [9.17, 15) is 18.6 Å². The second-order valence-corrected chi connectivity index (χ2v) is 12.0. The van der Waals surface area contributed by atoms with Gasteiger partial charge >= 0.3 is 0 Å². The van der Waals surface area contributed by atoms with Crippen LogP contribution in [0.15, 0.2) is 57.6 Å². The Hall–Kier alpha value is -4.06. The molecule has 7 N–H and O–H groups in total. The normalized spacial score (nSPS) is 11.7. The summed E-state index contributed by atoms with van der Waals surface area (Å²) in [6.45, 7) is 2.88.